The summed E-state index contributed by atoms with van der Waals surface area (Å²) in [5, 5.41) is 14.1. The van der Waals surface area contributed by atoms with Crippen molar-refractivity contribution < 1.29 is 14.7 Å². The van der Waals surface area contributed by atoms with Crippen LogP contribution in [0.4, 0.5) is 4.79 Å². The third-order valence-electron chi connectivity index (χ3n) is 2.69. The maximum atomic E-state index is 11.7. The molecule has 5 heteroatoms. The Morgan fingerprint density at radius 3 is 2.45 bits per heavy atom. The second-order valence-corrected chi connectivity index (χ2v) is 4.92. The molecule has 0 unspecified atom stereocenters. The number of carboxylic acid groups (broad SMARTS) is 1. The second-order valence-electron chi connectivity index (χ2n) is 4.92. The Hall–Kier alpha value is -2.48. The van der Waals surface area contributed by atoms with Gasteiger partial charge in [-0.3, -0.25) is 4.79 Å². The molecule has 0 aliphatic heterocycles. The van der Waals surface area contributed by atoms with Crippen LogP contribution in [0.5, 0.6) is 0 Å². The fraction of sp³-hybridized carbons (Fsp3) is 0.333. The zero-order valence-electron chi connectivity index (χ0n) is 11.6. The van der Waals surface area contributed by atoms with E-state index in [-0.39, 0.29) is 13.0 Å². The standard InChI is InChI=1S/C15H18N2O3/c1-4-15(2,3)17-14(20)16-10-12-8-6-5-7-11(12)9-13(18)19/h1,5-8H,9-10H2,2-3H3,(H,18,19)(H2,16,17,20). The van der Waals surface area contributed by atoms with Crippen molar-refractivity contribution in [2.24, 2.45) is 0 Å². The topological polar surface area (TPSA) is 78.4 Å². The highest BCUT2D eigenvalue weighted by Crippen LogP contribution is 2.09. The summed E-state index contributed by atoms with van der Waals surface area (Å²) < 4.78 is 0. The minimum Gasteiger partial charge on any atom is -0.481 e. The van der Waals surface area contributed by atoms with Gasteiger partial charge in [0.15, 0.2) is 0 Å². The number of nitrogens with one attached hydrogen (secondary N) is 2. The maximum Gasteiger partial charge on any atom is 0.316 e. The van der Waals surface area contributed by atoms with Gasteiger partial charge in [0.25, 0.3) is 0 Å². The molecule has 0 radical (unpaired) electrons. The molecular weight excluding hydrogens is 256 g/mol. The van der Waals surface area contributed by atoms with Gasteiger partial charge in [0.1, 0.15) is 0 Å². The number of aliphatic carboxylic acids is 1. The van der Waals surface area contributed by atoms with Crippen LogP contribution in [-0.2, 0) is 17.8 Å². The van der Waals surface area contributed by atoms with Crippen LogP contribution in [0, 0.1) is 12.3 Å². The number of terminal acetylenes is 1. The minimum absolute atomic E-state index is 0.0741. The first-order valence-corrected chi connectivity index (χ1v) is 6.16. The van der Waals surface area contributed by atoms with E-state index in [4.69, 9.17) is 11.5 Å². The lowest BCUT2D eigenvalue weighted by Crippen LogP contribution is -2.47. The summed E-state index contributed by atoms with van der Waals surface area (Å²) in [6, 6.07) is 6.69. The van der Waals surface area contributed by atoms with E-state index in [2.05, 4.69) is 16.6 Å². The lowest BCUT2D eigenvalue weighted by molar-refractivity contribution is -0.136. The van der Waals surface area contributed by atoms with Gasteiger partial charge >= 0.3 is 12.0 Å². The van der Waals surface area contributed by atoms with E-state index in [1.54, 1.807) is 38.1 Å². The van der Waals surface area contributed by atoms with Crippen molar-refractivity contribution in [1.29, 1.82) is 0 Å². The summed E-state index contributed by atoms with van der Waals surface area (Å²) >= 11 is 0. The van der Waals surface area contributed by atoms with Gasteiger partial charge in [-0.25, -0.2) is 4.79 Å². The van der Waals surface area contributed by atoms with Crippen LogP contribution in [0.2, 0.25) is 0 Å². The Kier molecular flexibility index (Phi) is 5.15. The molecule has 0 aromatic heterocycles. The fourth-order valence-corrected chi connectivity index (χ4v) is 1.60. The summed E-state index contributed by atoms with van der Waals surface area (Å²) in [7, 11) is 0. The van der Waals surface area contributed by atoms with Crippen molar-refractivity contribution >= 4 is 12.0 Å². The first-order valence-electron chi connectivity index (χ1n) is 6.16. The third-order valence-corrected chi connectivity index (χ3v) is 2.69. The molecule has 106 valence electrons. The van der Waals surface area contributed by atoms with Crippen molar-refractivity contribution in [3.63, 3.8) is 0 Å². The molecule has 0 atom stereocenters. The number of amides is 2. The lowest BCUT2D eigenvalue weighted by atomic mass is 10.0. The summed E-state index contributed by atoms with van der Waals surface area (Å²) in [4.78, 5) is 22.5. The number of hydrogen-bond acceptors (Lipinski definition) is 2. The normalized spacial score (nSPS) is 10.4. The fourth-order valence-electron chi connectivity index (χ4n) is 1.60. The quantitative estimate of drug-likeness (QED) is 0.712. The van der Waals surface area contributed by atoms with Crippen LogP contribution in [0.1, 0.15) is 25.0 Å². The van der Waals surface area contributed by atoms with E-state index in [0.29, 0.717) is 5.56 Å². The molecule has 0 spiro atoms. The molecule has 3 N–H and O–H groups in total. The van der Waals surface area contributed by atoms with Crippen molar-refractivity contribution in [3.8, 4) is 12.3 Å². The van der Waals surface area contributed by atoms with Gasteiger partial charge in [-0.1, -0.05) is 30.2 Å². The zero-order valence-corrected chi connectivity index (χ0v) is 11.6. The Morgan fingerprint density at radius 2 is 1.90 bits per heavy atom. The lowest BCUT2D eigenvalue weighted by Gasteiger charge is -2.20. The molecule has 5 nitrogen and oxygen atoms in total. The SMILES string of the molecule is C#CC(C)(C)NC(=O)NCc1ccccc1CC(=O)O. The number of hydrogen-bond donors (Lipinski definition) is 3. The van der Waals surface area contributed by atoms with Gasteiger partial charge in [-0.05, 0) is 25.0 Å². The second kappa shape index (κ2) is 6.62. The first-order chi connectivity index (χ1) is 9.34. The summed E-state index contributed by atoms with van der Waals surface area (Å²) in [6.07, 6.45) is 5.21. The molecule has 0 aliphatic rings. The monoisotopic (exact) mass is 274 g/mol. The molecule has 1 rings (SSSR count). The van der Waals surface area contributed by atoms with Crippen LogP contribution in [0.15, 0.2) is 24.3 Å². The van der Waals surface area contributed by atoms with Crippen LogP contribution in [0.25, 0.3) is 0 Å². The smallest absolute Gasteiger partial charge is 0.316 e. The van der Waals surface area contributed by atoms with Crippen LogP contribution in [0.3, 0.4) is 0 Å². The van der Waals surface area contributed by atoms with Gasteiger partial charge in [0, 0.05) is 6.54 Å². The molecule has 0 aliphatic carbocycles. The zero-order chi connectivity index (χ0) is 15.2. The van der Waals surface area contributed by atoms with Crippen LogP contribution in [-0.4, -0.2) is 22.6 Å². The number of urea groups is 1. The summed E-state index contributed by atoms with van der Waals surface area (Å²) in [5.74, 6) is 1.55. The predicted octanol–water partition coefficient (Wildman–Crippen LogP) is 1.52. The number of carbonyl (C=O) groups excluding carboxylic acids is 1. The van der Waals surface area contributed by atoms with Crippen molar-refractivity contribution in [2.45, 2.75) is 32.4 Å². The maximum absolute atomic E-state index is 11.7. The van der Waals surface area contributed by atoms with Gasteiger partial charge in [-0.15, -0.1) is 6.42 Å². The number of benzene rings is 1. The van der Waals surface area contributed by atoms with Crippen LogP contribution < -0.4 is 10.6 Å². The van der Waals surface area contributed by atoms with E-state index >= 15 is 0 Å². The minimum atomic E-state index is -0.907. The van der Waals surface area contributed by atoms with Gasteiger partial charge in [-0.2, -0.15) is 0 Å². The molecule has 0 saturated carbocycles. The Labute approximate surface area is 118 Å². The van der Waals surface area contributed by atoms with E-state index in [9.17, 15) is 9.59 Å². The summed E-state index contributed by atoms with van der Waals surface area (Å²) in [6.45, 7) is 3.67. The molecule has 20 heavy (non-hydrogen) atoms. The third kappa shape index (κ3) is 5.02. The number of carbonyl (C=O) groups is 2. The van der Waals surface area contributed by atoms with Crippen LogP contribution >= 0.6 is 0 Å². The average Bonchev–Trinajstić information content (AvgIpc) is 2.36. The van der Waals surface area contributed by atoms with Gasteiger partial charge < -0.3 is 15.7 Å². The molecule has 1 aromatic carbocycles. The van der Waals surface area contributed by atoms with E-state index in [0.717, 1.165) is 5.56 Å². The van der Waals surface area contributed by atoms with Gasteiger partial charge in [0.2, 0.25) is 0 Å². The summed E-state index contributed by atoms with van der Waals surface area (Å²) in [5.41, 5.74) is 0.713. The highest BCUT2D eigenvalue weighted by molar-refractivity contribution is 5.75. The molecule has 2 amide bonds. The number of rotatable bonds is 5. The highest BCUT2D eigenvalue weighted by Gasteiger charge is 2.16. The molecular formula is C15H18N2O3. The molecule has 1 aromatic rings. The molecule has 0 bridgehead atoms. The van der Waals surface area contributed by atoms with Crippen molar-refractivity contribution in [1.82, 2.24) is 10.6 Å². The largest absolute Gasteiger partial charge is 0.481 e. The molecule has 0 fully saturated rings. The van der Waals surface area contributed by atoms with Crippen molar-refractivity contribution in [3.05, 3.63) is 35.4 Å². The predicted molar refractivity (Wildman–Crippen MR) is 76.1 cm³/mol. The van der Waals surface area contributed by atoms with E-state index in [1.807, 2.05) is 0 Å². The average molecular weight is 274 g/mol. The Bertz CT molecular complexity index is 544. The Morgan fingerprint density at radius 1 is 1.30 bits per heavy atom. The number of carboxylic acids is 1. The molecule has 0 saturated heterocycles. The highest BCUT2D eigenvalue weighted by atomic mass is 16.4. The van der Waals surface area contributed by atoms with Gasteiger partial charge in [0.05, 0.1) is 12.0 Å². The van der Waals surface area contributed by atoms with Crippen molar-refractivity contribution in [2.75, 3.05) is 0 Å². The van der Waals surface area contributed by atoms with E-state index < -0.39 is 17.5 Å². The molecule has 0 heterocycles. The first kappa shape index (κ1) is 15.6. The van der Waals surface area contributed by atoms with E-state index in [1.165, 1.54) is 0 Å². The Balaban J connectivity index is 2.64.